The predicted octanol–water partition coefficient (Wildman–Crippen LogP) is 6.17. The molecule has 0 aliphatic carbocycles. The molecule has 0 saturated heterocycles. The van der Waals surface area contributed by atoms with E-state index in [2.05, 4.69) is 10.6 Å². The number of likely N-dealkylation sites (N-methyl/N-ethyl adjacent to an activating group) is 1. The second-order valence-corrected chi connectivity index (χ2v) is 12.9. The van der Waals surface area contributed by atoms with E-state index in [-0.39, 0.29) is 54.4 Å². The van der Waals surface area contributed by atoms with Crippen LogP contribution in [-0.4, -0.2) is 71.5 Å². The zero-order valence-electron chi connectivity index (χ0n) is 28.6. The smallest absolute Gasteiger partial charge is 0.416 e. The van der Waals surface area contributed by atoms with E-state index in [1.165, 1.54) is 12.1 Å². The average Bonchev–Trinajstić information content (AvgIpc) is 3.07. The van der Waals surface area contributed by atoms with Gasteiger partial charge in [0.2, 0.25) is 11.8 Å². The number of nitrogens with zero attached hydrogens (tertiary/aromatic N) is 2. The highest BCUT2D eigenvalue weighted by Gasteiger charge is 2.35. The summed E-state index contributed by atoms with van der Waals surface area (Å²) in [4.78, 5) is 42.7. The second kappa shape index (κ2) is 17.3. The fourth-order valence-corrected chi connectivity index (χ4v) is 5.83. The number of nitrogens with two attached hydrogens (primary N) is 1. The number of nitrogens with one attached hydrogen (secondary N) is 2. The Kier molecular flexibility index (Phi) is 13.3. The van der Waals surface area contributed by atoms with Crippen molar-refractivity contribution < 1.29 is 37.4 Å². The summed E-state index contributed by atoms with van der Waals surface area (Å²) in [5, 5.41) is 15.7. The van der Waals surface area contributed by atoms with Crippen LogP contribution in [0.15, 0.2) is 66.7 Å². The SMILES string of the molecule is C[C@@H]1CN([C@H](C)CO)C(=O)c2cccc(NC(=O)CCCCCC(=O)Nc3ccccc3N)c2O[C@@H]1CN(C)Cc1ccc(C(F)(F)F)cc1. The number of carbonyl (C=O) groups is 3. The third kappa shape index (κ3) is 10.4. The Balaban J connectivity index is 1.42. The standard InChI is InChI=1S/C37H46F3N5O5/c1-24-20-45(25(2)23-46)36(49)28-10-9-13-31(43-34(48)15-6-4-5-14-33(47)42-30-12-8-7-11-29(30)41)35(28)50-32(24)22-44(3)21-26-16-18-27(19-17-26)37(38,39)40/h7-13,16-19,24-25,32,46H,4-6,14-15,20-23,41H2,1-3H3,(H,42,47)(H,43,48)/t24-,25-,32-/m1/s1. The second-order valence-electron chi connectivity index (χ2n) is 12.9. The fraction of sp³-hybridized carbons (Fsp3) is 0.432. The molecular weight excluding hydrogens is 651 g/mol. The molecule has 270 valence electrons. The minimum atomic E-state index is -4.42. The molecule has 3 aromatic carbocycles. The lowest BCUT2D eigenvalue weighted by molar-refractivity contribution is -0.137. The zero-order chi connectivity index (χ0) is 36.4. The summed E-state index contributed by atoms with van der Waals surface area (Å²) >= 11 is 0. The van der Waals surface area contributed by atoms with Crippen LogP contribution in [-0.2, 0) is 22.3 Å². The molecule has 0 aromatic heterocycles. The number of carbonyl (C=O) groups excluding carboxylic acids is 3. The Bertz CT molecular complexity index is 1620. The predicted molar refractivity (Wildman–Crippen MR) is 187 cm³/mol. The topological polar surface area (TPSA) is 137 Å². The van der Waals surface area contributed by atoms with Gasteiger partial charge in [-0.25, -0.2) is 0 Å². The number of unbranched alkanes of at least 4 members (excludes halogenated alkanes) is 2. The van der Waals surface area contributed by atoms with Crippen LogP contribution >= 0.6 is 0 Å². The number of alkyl halides is 3. The van der Waals surface area contributed by atoms with Crippen molar-refractivity contribution in [1.82, 2.24) is 9.80 Å². The van der Waals surface area contributed by atoms with Gasteiger partial charge in [0.25, 0.3) is 5.91 Å². The van der Waals surface area contributed by atoms with Crippen molar-refractivity contribution in [3.63, 3.8) is 0 Å². The lowest BCUT2D eigenvalue weighted by Gasteiger charge is -2.38. The fourth-order valence-electron chi connectivity index (χ4n) is 5.83. The van der Waals surface area contributed by atoms with Gasteiger partial charge in [-0.3, -0.25) is 19.3 Å². The van der Waals surface area contributed by atoms with E-state index in [9.17, 15) is 32.7 Å². The van der Waals surface area contributed by atoms with Crippen molar-refractivity contribution in [2.75, 3.05) is 43.1 Å². The molecule has 1 aliphatic rings. The monoisotopic (exact) mass is 697 g/mol. The lowest BCUT2D eigenvalue weighted by atomic mass is 9.98. The maximum absolute atomic E-state index is 13.8. The van der Waals surface area contributed by atoms with E-state index < -0.39 is 23.9 Å². The Hall–Kier alpha value is -4.62. The molecule has 5 N–H and O–H groups in total. The maximum atomic E-state index is 13.8. The van der Waals surface area contributed by atoms with Crippen LogP contribution in [0, 0.1) is 5.92 Å². The summed E-state index contributed by atoms with van der Waals surface area (Å²) in [7, 11) is 1.83. The van der Waals surface area contributed by atoms with Crippen LogP contribution in [0.25, 0.3) is 0 Å². The third-order valence-electron chi connectivity index (χ3n) is 8.73. The number of nitrogen functional groups attached to an aromatic ring is 1. The number of hydrogen-bond donors (Lipinski definition) is 4. The summed E-state index contributed by atoms with van der Waals surface area (Å²) in [6.07, 6.45) is -2.66. The molecule has 3 atom stereocenters. The number of fused-ring (bicyclic) bond motifs is 1. The van der Waals surface area contributed by atoms with Crippen molar-refractivity contribution in [1.29, 1.82) is 0 Å². The molecule has 50 heavy (non-hydrogen) atoms. The molecule has 13 heteroatoms. The van der Waals surface area contributed by atoms with Crippen LogP contribution in [0.1, 0.15) is 67.4 Å². The van der Waals surface area contributed by atoms with Gasteiger partial charge in [-0.15, -0.1) is 0 Å². The lowest BCUT2D eigenvalue weighted by Crippen LogP contribution is -2.49. The molecule has 0 radical (unpaired) electrons. The molecule has 10 nitrogen and oxygen atoms in total. The van der Waals surface area contributed by atoms with Gasteiger partial charge < -0.3 is 31.1 Å². The Labute approximate surface area is 290 Å². The summed E-state index contributed by atoms with van der Waals surface area (Å²) in [6.45, 7) is 4.46. The molecule has 1 heterocycles. The Morgan fingerprint density at radius 1 is 0.980 bits per heavy atom. The van der Waals surface area contributed by atoms with Gasteiger partial charge in [-0.2, -0.15) is 13.2 Å². The number of benzene rings is 3. The summed E-state index contributed by atoms with van der Waals surface area (Å²) in [5.41, 5.74) is 7.49. The van der Waals surface area contributed by atoms with Gasteiger partial charge >= 0.3 is 6.18 Å². The number of hydrogen-bond acceptors (Lipinski definition) is 7. The highest BCUT2D eigenvalue weighted by molar-refractivity contribution is 6.01. The quantitative estimate of drug-likeness (QED) is 0.117. The average molecular weight is 698 g/mol. The number of aliphatic hydroxyl groups is 1. The number of anilines is 3. The molecule has 0 spiro atoms. The first-order valence-electron chi connectivity index (χ1n) is 16.8. The van der Waals surface area contributed by atoms with Crippen molar-refractivity contribution in [2.45, 2.75) is 70.8 Å². The van der Waals surface area contributed by atoms with E-state index in [1.54, 1.807) is 54.3 Å². The first kappa shape index (κ1) is 38.2. The van der Waals surface area contributed by atoms with Crippen molar-refractivity contribution in [3.05, 3.63) is 83.4 Å². The first-order chi connectivity index (χ1) is 23.8. The summed E-state index contributed by atoms with van der Waals surface area (Å²) in [5.74, 6) is -0.762. The molecule has 1 aliphatic heterocycles. The van der Waals surface area contributed by atoms with Gasteiger partial charge in [-0.05, 0) is 68.8 Å². The van der Waals surface area contributed by atoms with E-state index in [4.69, 9.17) is 10.5 Å². The van der Waals surface area contributed by atoms with Gasteiger partial charge in [-0.1, -0.05) is 43.7 Å². The number of aliphatic hydroxyl groups excluding tert-OH is 1. The molecule has 4 rings (SSSR count). The van der Waals surface area contributed by atoms with Gasteiger partial charge in [0, 0.05) is 38.4 Å². The van der Waals surface area contributed by atoms with E-state index in [0.717, 1.165) is 12.1 Å². The molecular formula is C37H46F3N5O5. The molecule has 0 saturated carbocycles. The largest absolute Gasteiger partial charge is 0.486 e. The van der Waals surface area contributed by atoms with Gasteiger partial charge in [0.15, 0.2) is 5.75 Å². The van der Waals surface area contributed by atoms with Crippen LogP contribution in [0.5, 0.6) is 5.75 Å². The van der Waals surface area contributed by atoms with Crippen LogP contribution in [0.4, 0.5) is 30.2 Å². The van der Waals surface area contributed by atoms with Gasteiger partial charge in [0.1, 0.15) is 6.10 Å². The van der Waals surface area contributed by atoms with Gasteiger partial charge in [0.05, 0.1) is 40.8 Å². The maximum Gasteiger partial charge on any atom is 0.416 e. The molecule has 3 aromatic rings. The van der Waals surface area contributed by atoms with Crippen molar-refractivity contribution >= 4 is 34.8 Å². The van der Waals surface area contributed by atoms with Crippen LogP contribution in [0.3, 0.4) is 0 Å². The number of amides is 3. The van der Waals surface area contributed by atoms with Crippen molar-refractivity contribution in [3.8, 4) is 5.75 Å². The van der Waals surface area contributed by atoms with Crippen LogP contribution in [0.2, 0.25) is 0 Å². The zero-order valence-corrected chi connectivity index (χ0v) is 28.6. The number of para-hydroxylation sites is 3. The minimum absolute atomic E-state index is 0.157. The molecule has 0 bridgehead atoms. The normalized spacial score (nSPS) is 17.0. The van der Waals surface area contributed by atoms with Crippen molar-refractivity contribution in [2.24, 2.45) is 5.92 Å². The molecule has 0 fully saturated rings. The number of rotatable bonds is 14. The minimum Gasteiger partial charge on any atom is -0.486 e. The molecule has 3 amide bonds. The number of ether oxygens (including phenoxy) is 1. The van der Waals surface area contributed by atoms with E-state index in [1.807, 2.05) is 18.9 Å². The summed E-state index contributed by atoms with van der Waals surface area (Å²) in [6, 6.07) is 16.5. The van der Waals surface area contributed by atoms with E-state index in [0.29, 0.717) is 61.5 Å². The molecule has 0 unspecified atom stereocenters. The summed E-state index contributed by atoms with van der Waals surface area (Å²) < 4.78 is 45.7. The highest BCUT2D eigenvalue weighted by Crippen LogP contribution is 2.35. The third-order valence-corrected chi connectivity index (χ3v) is 8.73. The van der Waals surface area contributed by atoms with Crippen LogP contribution < -0.4 is 21.1 Å². The first-order valence-corrected chi connectivity index (χ1v) is 16.8. The Morgan fingerprint density at radius 3 is 2.22 bits per heavy atom. The highest BCUT2D eigenvalue weighted by atomic mass is 19.4. The Morgan fingerprint density at radius 2 is 1.60 bits per heavy atom. The van der Waals surface area contributed by atoms with E-state index >= 15 is 0 Å². The number of halogens is 3.